The van der Waals surface area contributed by atoms with Crippen LogP contribution in [0.1, 0.15) is 35.2 Å². The van der Waals surface area contributed by atoms with E-state index in [2.05, 4.69) is 16.4 Å². The summed E-state index contributed by atoms with van der Waals surface area (Å²) in [5, 5.41) is 21.8. The second kappa shape index (κ2) is 7.41. The van der Waals surface area contributed by atoms with Crippen molar-refractivity contribution >= 4 is 22.6 Å². The number of aliphatic hydroxyl groups excluding tert-OH is 1. The van der Waals surface area contributed by atoms with Crippen LogP contribution in [0.5, 0.6) is 0 Å². The first-order chi connectivity index (χ1) is 12.1. The fraction of sp³-hybridized carbons (Fsp3) is 0.368. The monoisotopic (exact) mass is 337 g/mol. The van der Waals surface area contributed by atoms with Crippen LogP contribution < -0.4 is 5.32 Å². The molecule has 2 N–H and O–H groups in total. The van der Waals surface area contributed by atoms with Gasteiger partial charge in [0.05, 0.1) is 30.7 Å². The number of aliphatic hydroxyl groups is 1. The summed E-state index contributed by atoms with van der Waals surface area (Å²) in [6.07, 6.45) is 3.95. The molecule has 1 aliphatic carbocycles. The number of rotatable bonds is 5. The summed E-state index contributed by atoms with van der Waals surface area (Å²) in [7, 11) is 0. The van der Waals surface area contributed by atoms with Crippen LogP contribution in [0.4, 0.5) is 0 Å². The number of nitrogens with zero attached hydrogens (tertiary/aromatic N) is 2. The maximum absolute atomic E-state index is 12.6. The smallest absolute Gasteiger partial charge is 0.252 e. The lowest BCUT2D eigenvalue weighted by atomic mass is 9.93. The zero-order chi connectivity index (χ0) is 17.8. The van der Waals surface area contributed by atoms with E-state index in [0.717, 1.165) is 12.8 Å². The average Bonchev–Trinajstić information content (AvgIpc) is 3.13. The summed E-state index contributed by atoms with van der Waals surface area (Å²) in [6.45, 7) is -0.287. The number of benzene rings is 1. The van der Waals surface area contributed by atoms with E-state index in [4.69, 9.17) is 5.26 Å². The Kier molecular flexibility index (Phi) is 5.05. The molecule has 1 aliphatic rings. The minimum atomic E-state index is -0.381. The molecule has 1 fully saturated rings. The zero-order valence-corrected chi connectivity index (χ0v) is 13.7. The van der Waals surface area contributed by atoms with E-state index in [1.54, 1.807) is 30.5 Å². The van der Waals surface area contributed by atoms with Crippen molar-refractivity contribution in [2.45, 2.75) is 25.9 Å². The normalized spacial score (nSPS) is 19.5. The Bertz CT molecular complexity index is 857. The van der Waals surface area contributed by atoms with E-state index in [9.17, 15) is 14.7 Å². The van der Waals surface area contributed by atoms with Crippen molar-refractivity contribution in [1.29, 1.82) is 5.26 Å². The number of Topliss-reactive ketones (excluding diaryl/α,β-unsaturated/α-hetero) is 1. The summed E-state index contributed by atoms with van der Waals surface area (Å²) in [4.78, 5) is 29.1. The Labute approximate surface area is 145 Å². The fourth-order valence-electron chi connectivity index (χ4n) is 3.41. The highest BCUT2D eigenvalue weighted by Gasteiger charge is 2.32. The van der Waals surface area contributed by atoms with Gasteiger partial charge in [-0.2, -0.15) is 5.26 Å². The predicted octanol–water partition coefficient (Wildman–Crippen LogP) is 1.97. The van der Waals surface area contributed by atoms with Crippen LogP contribution in [-0.2, 0) is 11.4 Å². The third kappa shape index (κ3) is 3.52. The molecule has 0 spiro atoms. The maximum atomic E-state index is 12.6. The lowest BCUT2D eigenvalue weighted by Crippen LogP contribution is -2.34. The van der Waals surface area contributed by atoms with E-state index in [-0.39, 0.29) is 36.7 Å². The largest absolute Gasteiger partial charge is 0.392 e. The molecule has 3 rings (SSSR count). The van der Waals surface area contributed by atoms with Gasteiger partial charge in [-0.25, -0.2) is 0 Å². The first kappa shape index (κ1) is 17.1. The number of fused-ring (bicyclic) bond motifs is 1. The summed E-state index contributed by atoms with van der Waals surface area (Å²) in [5.41, 5.74) is 1.58. The highest BCUT2D eigenvalue weighted by molar-refractivity contribution is 6.07. The number of nitriles is 1. The van der Waals surface area contributed by atoms with Crippen LogP contribution in [0.25, 0.3) is 10.9 Å². The molecule has 0 aliphatic heterocycles. The third-order valence-electron chi connectivity index (χ3n) is 4.73. The minimum absolute atomic E-state index is 0.0905. The molecule has 1 amide bonds. The molecule has 1 unspecified atom stereocenters. The number of pyridine rings is 1. The van der Waals surface area contributed by atoms with Gasteiger partial charge in [-0.05, 0) is 36.6 Å². The van der Waals surface area contributed by atoms with Crippen molar-refractivity contribution in [3.05, 3.63) is 41.6 Å². The molecule has 0 saturated heterocycles. The summed E-state index contributed by atoms with van der Waals surface area (Å²) < 4.78 is 0. The minimum Gasteiger partial charge on any atom is -0.392 e. The first-order valence-electron chi connectivity index (χ1n) is 8.33. The van der Waals surface area contributed by atoms with Gasteiger partial charge in [-0.15, -0.1) is 0 Å². The predicted molar refractivity (Wildman–Crippen MR) is 91.5 cm³/mol. The maximum Gasteiger partial charge on any atom is 0.252 e. The highest BCUT2D eigenvalue weighted by Crippen LogP contribution is 2.31. The highest BCUT2D eigenvalue weighted by atomic mass is 16.3. The van der Waals surface area contributed by atoms with E-state index in [1.165, 1.54) is 0 Å². The lowest BCUT2D eigenvalue weighted by molar-refractivity contribution is -0.122. The third-order valence-corrected chi connectivity index (χ3v) is 4.73. The number of carbonyl (C=O) groups excluding carboxylic acids is 2. The van der Waals surface area contributed by atoms with Crippen LogP contribution >= 0.6 is 0 Å². The number of aromatic nitrogens is 1. The van der Waals surface area contributed by atoms with E-state index in [0.29, 0.717) is 28.5 Å². The zero-order valence-electron chi connectivity index (χ0n) is 13.7. The Morgan fingerprint density at radius 2 is 2.20 bits per heavy atom. The lowest BCUT2D eigenvalue weighted by Gasteiger charge is -2.13. The Morgan fingerprint density at radius 1 is 1.36 bits per heavy atom. The summed E-state index contributed by atoms with van der Waals surface area (Å²) >= 11 is 0. The molecule has 1 aromatic heterocycles. The molecule has 2 atom stereocenters. The van der Waals surface area contributed by atoms with Gasteiger partial charge < -0.3 is 10.4 Å². The second-order valence-corrected chi connectivity index (χ2v) is 6.29. The Hall–Kier alpha value is -2.78. The molecule has 1 saturated carbocycles. The standard InChI is InChI=1S/C19H19N3O3/c20-9-13-3-1-4-14(13)18(24)10-22-19(25)16-7-12(11-23)8-17-15(16)5-2-6-21-17/h2,5-8,13-14,23H,1,3-4,10-11H2,(H,22,25)/t13-,14?/m0/s1. The van der Waals surface area contributed by atoms with Gasteiger partial charge in [-0.3, -0.25) is 14.6 Å². The fourth-order valence-corrected chi connectivity index (χ4v) is 3.41. The summed E-state index contributed by atoms with van der Waals surface area (Å²) in [6, 6.07) is 9.04. The van der Waals surface area contributed by atoms with Crippen molar-refractivity contribution < 1.29 is 14.7 Å². The van der Waals surface area contributed by atoms with Gasteiger partial charge in [-0.1, -0.05) is 12.5 Å². The van der Waals surface area contributed by atoms with Crippen LogP contribution in [0.15, 0.2) is 30.5 Å². The second-order valence-electron chi connectivity index (χ2n) is 6.29. The van der Waals surface area contributed by atoms with Crippen LogP contribution in [0, 0.1) is 23.2 Å². The number of hydrogen-bond donors (Lipinski definition) is 2. The van der Waals surface area contributed by atoms with Gasteiger partial charge in [0.25, 0.3) is 5.91 Å². The summed E-state index contributed by atoms with van der Waals surface area (Å²) in [5.74, 6) is -1.01. The van der Waals surface area contributed by atoms with Crippen LogP contribution in [-0.4, -0.2) is 28.3 Å². The molecule has 1 heterocycles. The molecular formula is C19H19N3O3. The van der Waals surface area contributed by atoms with Crippen molar-refractivity contribution in [2.75, 3.05) is 6.54 Å². The van der Waals surface area contributed by atoms with E-state index in [1.807, 2.05) is 0 Å². The number of amides is 1. The number of ketones is 1. The molecule has 1 aromatic carbocycles. The van der Waals surface area contributed by atoms with E-state index < -0.39 is 0 Å². The Morgan fingerprint density at radius 3 is 2.96 bits per heavy atom. The molecular weight excluding hydrogens is 318 g/mol. The van der Waals surface area contributed by atoms with E-state index >= 15 is 0 Å². The number of nitrogens with one attached hydrogen (secondary N) is 1. The SMILES string of the molecule is N#C[C@@H]1CCCC1C(=O)CNC(=O)c1cc(CO)cc2ncccc12. The quantitative estimate of drug-likeness (QED) is 0.868. The number of carbonyl (C=O) groups is 2. The van der Waals surface area contributed by atoms with Crippen molar-refractivity contribution in [2.24, 2.45) is 11.8 Å². The molecule has 25 heavy (non-hydrogen) atoms. The van der Waals surface area contributed by atoms with Gasteiger partial charge in [0.15, 0.2) is 5.78 Å². The van der Waals surface area contributed by atoms with Gasteiger partial charge in [0.1, 0.15) is 0 Å². The van der Waals surface area contributed by atoms with Gasteiger partial charge >= 0.3 is 0 Å². The molecule has 6 heteroatoms. The molecule has 0 radical (unpaired) electrons. The first-order valence-corrected chi connectivity index (χ1v) is 8.33. The van der Waals surface area contributed by atoms with Crippen molar-refractivity contribution in [3.8, 4) is 6.07 Å². The molecule has 0 bridgehead atoms. The van der Waals surface area contributed by atoms with Crippen LogP contribution in [0.3, 0.4) is 0 Å². The molecule has 2 aromatic rings. The Balaban J connectivity index is 1.76. The topological polar surface area (TPSA) is 103 Å². The van der Waals surface area contributed by atoms with Crippen LogP contribution in [0.2, 0.25) is 0 Å². The van der Waals surface area contributed by atoms with Gasteiger partial charge in [0, 0.05) is 23.1 Å². The van der Waals surface area contributed by atoms with Gasteiger partial charge in [0.2, 0.25) is 0 Å². The average molecular weight is 337 g/mol. The van der Waals surface area contributed by atoms with Crippen molar-refractivity contribution in [3.63, 3.8) is 0 Å². The number of hydrogen-bond acceptors (Lipinski definition) is 5. The molecule has 128 valence electrons. The molecule has 6 nitrogen and oxygen atoms in total. The van der Waals surface area contributed by atoms with Crippen molar-refractivity contribution in [1.82, 2.24) is 10.3 Å².